The largest absolute Gasteiger partial charge is 0.323 e. The molecule has 1 amide bonds. The van der Waals surface area contributed by atoms with Crippen LogP contribution in [-0.2, 0) is 4.79 Å². The first kappa shape index (κ1) is 14.3. The third kappa shape index (κ3) is 4.24. The first-order chi connectivity index (χ1) is 9.67. The highest BCUT2D eigenvalue weighted by molar-refractivity contribution is 7.98. The molecule has 0 aliphatic rings. The maximum Gasteiger partial charge on any atom is 0.248 e. The molecule has 4 heteroatoms. The number of benzene rings is 2. The summed E-state index contributed by atoms with van der Waals surface area (Å²) >= 11 is 1.65. The van der Waals surface area contributed by atoms with Crippen molar-refractivity contribution in [1.29, 1.82) is 0 Å². The van der Waals surface area contributed by atoms with E-state index in [1.165, 1.54) is 18.2 Å². The van der Waals surface area contributed by atoms with E-state index in [-0.39, 0.29) is 11.7 Å². The van der Waals surface area contributed by atoms with Gasteiger partial charge in [0, 0.05) is 16.7 Å². The highest BCUT2D eigenvalue weighted by Gasteiger charge is 1.98. The Bertz CT molecular complexity index is 605. The quantitative estimate of drug-likeness (QED) is 0.674. The Morgan fingerprint density at radius 1 is 1.10 bits per heavy atom. The van der Waals surface area contributed by atoms with Crippen LogP contribution < -0.4 is 5.32 Å². The molecule has 2 aromatic rings. The van der Waals surface area contributed by atoms with Gasteiger partial charge in [0.05, 0.1) is 0 Å². The van der Waals surface area contributed by atoms with Crippen molar-refractivity contribution in [3.8, 4) is 0 Å². The Morgan fingerprint density at radius 3 is 2.35 bits per heavy atom. The van der Waals surface area contributed by atoms with Gasteiger partial charge in [-0.05, 0) is 54.3 Å². The van der Waals surface area contributed by atoms with Crippen LogP contribution in [0.1, 0.15) is 5.56 Å². The van der Waals surface area contributed by atoms with E-state index < -0.39 is 0 Å². The van der Waals surface area contributed by atoms with Crippen molar-refractivity contribution in [1.82, 2.24) is 0 Å². The van der Waals surface area contributed by atoms with Gasteiger partial charge in [-0.2, -0.15) is 0 Å². The molecule has 2 aromatic carbocycles. The fourth-order valence-corrected chi connectivity index (χ4v) is 2.01. The summed E-state index contributed by atoms with van der Waals surface area (Å²) in [6, 6.07) is 13.6. The molecule has 0 heterocycles. The minimum Gasteiger partial charge on any atom is -0.323 e. The molecule has 0 aromatic heterocycles. The lowest BCUT2D eigenvalue weighted by atomic mass is 10.2. The lowest BCUT2D eigenvalue weighted by molar-refractivity contribution is -0.111. The molecule has 2 rings (SSSR count). The molecule has 0 atom stereocenters. The fraction of sp³-hybridized carbons (Fsp3) is 0.0625. The Balaban J connectivity index is 1.96. The molecule has 0 saturated carbocycles. The second kappa shape index (κ2) is 6.91. The molecule has 102 valence electrons. The summed E-state index contributed by atoms with van der Waals surface area (Å²) in [4.78, 5) is 12.9. The summed E-state index contributed by atoms with van der Waals surface area (Å²) < 4.78 is 12.7. The number of carbonyl (C=O) groups is 1. The second-order valence-corrected chi connectivity index (χ2v) is 4.98. The maximum absolute atomic E-state index is 12.7. The average Bonchev–Trinajstić information content (AvgIpc) is 2.47. The molecular weight excluding hydrogens is 273 g/mol. The number of halogens is 1. The van der Waals surface area contributed by atoms with Gasteiger partial charge in [0.25, 0.3) is 0 Å². The third-order valence-corrected chi connectivity index (χ3v) is 3.40. The lowest BCUT2D eigenvalue weighted by Gasteiger charge is -2.03. The number of nitrogens with one attached hydrogen (secondary N) is 1. The van der Waals surface area contributed by atoms with Gasteiger partial charge in [0.1, 0.15) is 5.82 Å². The van der Waals surface area contributed by atoms with Crippen molar-refractivity contribution in [2.45, 2.75) is 4.90 Å². The van der Waals surface area contributed by atoms with Crippen LogP contribution >= 0.6 is 11.8 Å². The van der Waals surface area contributed by atoms with Crippen LogP contribution in [0.25, 0.3) is 6.08 Å². The van der Waals surface area contributed by atoms with Gasteiger partial charge in [-0.3, -0.25) is 4.79 Å². The van der Waals surface area contributed by atoms with E-state index in [1.54, 1.807) is 30.0 Å². The minimum absolute atomic E-state index is 0.216. The van der Waals surface area contributed by atoms with Gasteiger partial charge < -0.3 is 5.32 Å². The Labute approximate surface area is 121 Å². The minimum atomic E-state index is -0.291. The lowest BCUT2D eigenvalue weighted by Crippen LogP contribution is -2.07. The SMILES string of the molecule is CSc1ccc(NC(=O)/C=C/c2ccc(F)cc2)cc1. The molecule has 2 nitrogen and oxygen atoms in total. The van der Waals surface area contributed by atoms with E-state index >= 15 is 0 Å². The summed E-state index contributed by atoms with van der Waals surface area (Å²) in [5.74, 6) is -0.508. The van der Waals surface area contributed by atoms with Gasteiger partial charge in [0.2, 0.25) is 5.91 Å². The van der Waals surface area contributed by atoms with E-state index in [9.17, 15) is 9.18 Å². The highest BCUT2D eigenvalue weighted by Crippen LogP contribution is 2.17. The molecule has 20 heavy (non-hydrogen) atoms. The summed E-state index contributed by atoms with van der Waals surface area (Å²) in [6.45, 7) is 0. The molecule has 0 aliphatic carbocycles. The summed E-state index contributed by atoms with van der Waals surface area (Å²) in [6.07, 6.45) is 5.07. The zero-order chi connectivity index (χ0) is 14.4. The smallest absolute Gasteiger partial charge is 0.248 e. The number of amides is 1. The molecule has 0 fully saturated rings. The van der Waals surface area contributed by atoms with Gasteiger partial charge in [-0.15, -0.1) is 11.8 Å². The highest BCUT2D eigenvalue weighted by atomic mass is 32.2. The van der Waals surface area contributed by atoms with E-state index in [2.05, 4.69) is 5.32 Å². The summed E-state index contributed by atoms with van der Waals surface area (Å²) in [5.41, 5.74) is 1.52. The van der Waals surface area contributed by atoms with Crippen molar-refractivity contribution in [2.75, 3.05) is 11.6 Å². The third-order valence-electron chi connectivity index (χ3n) is 2.65. The predicted molar refractivity (Wildman–Crippen MR) is 82.3 cm³/mol. The van der Waals surface area contributed by atoms with Crippen molar-refractivity contribution >= 4 is 29.4 Å². The van der Waals surface area contributed by atoms with Crippen LogP contribution in [-0.4, -0.2) is 12.2 Å². The van der Waals surface area contributed by atoms with Gasteiger partial charge in [-0.1, -0.05) is 12.1 Å². The second-order valence-electron chi connectivity index (χ2n) is 4.10. The van der Waals surface area contributed by atoms with Crippen LogP contribution in [0.15, 0.2) is 59.5 Å². The van der Waals surface area contributed by atoms with Crippen molar-refractivity contribution in [2.24, 2.45) is 0 Å². The van der Waals surface area contributed by atoms with Crippen molar-refractivity contribution in [3.05, 3.63) is 66.0 Å². The Hall–Kier alpha value is -2.07. The monoisotopic (exact) mass is 287 g/mol. The summed E-state index contributed by atoms with van der Waals surface area (Å²) in [5, 5.41) is 2.77. The Kier molecular flexibility index (Phi) is 4.96. The molecule has 1 N–H and O–H groups in total. The topological polar surface area (TPSA) is 29.1 Å². The van der Waals surface area contributed by atoms with E-state index in [4.69, 9.17) is 0 Å². The number of thioether (sulfide) groups is 1. The number of rotatable bonds is 4. The molecule has 0 unspecified atom stereocenters. The van der Waals surface area contributed by atoms with Gasteiger partial charge >= 0.3 is 0 Å². The van der Waals surface area contributed by atoms with Crippen molar-refractivity contribution < 1.29 is 9.18 Å². The molecule has 0 aliphatic heterocycles. The normalized spacial score (nSPS) is 10.7. The number of carbonyl (C=O) groups excluding carboxylic acids is 1. The van der Waals surface area contributed by atoms with Crippen LogP contribution in [0.2, 0.25) is 0 Å². The molecule has 0 spiro atoms. The van der Waals surface area contributed by atoms with Crippen molar-refractivity contribution in [3.63, 3.8) is 0 Å². The van der Waals surface area contributed by atoms with E-state index in [1.807, 2.05) is 30.5 Å². The predicted octanol–water partition coefficient (Wildman–Crippen LogP) is 4.20. The molecule has 0 radical (unpaired) electrons. The average molecular weight is 287 g/mol. The number of hydrogen-bond acceptors (Lipinski definition) is 2. The van der Waals surface area contributed by atoms with Crippen LogP contribution in [0, 0.1) is 5.82 Å². The summed E-state index contributed by atoms with van der Waals surface area (Å²) in [7, 11) is 0. The molecule has 0 saturated heterocycles. The molecule has 0 bridgehead atoms. The van der Waals surface area contributed by atoms with Crippen LogP contribution in [0.4, 0.5) is 10.1 Å². The Morgan fingerprint density at radius 2 is 1.75 bits per heavy atom. The first-order valence-electron chi connectivity index (χ1n) is 6.06. The number of anilines is 1. The zero-order valence-electron chi connectivity index (χ0n) is 11.0. The van der Waals surface area contributed by atoms with Crippen LogP contribution in [0.5, 0.6) is 0 Å². The van der Waals surface area contributed by atoms with E-state index in [0.717, 1.165) is 16.1 Å². The van der Waals surface area contributed by atoms with Gasteiger partial charge in [0.15, 0.2) is 0 Å². The first-order valence-corrected chi connectivity index (χ1v) is 7.28. The molecular formula is C16H14FNOS. The standard InChI is InChI=1S/C16H14FNOS/c1-20-15-9-7-14(8-10-15)18-16(19)11-4-12-2-5-13(17)6-3-12/h2-11H,1H3,(H,18,19)/b11-4+. The number of hydrogen-bond donors (Lipinski definition) is 1. The zero-order valence-corrected chi connectivity index (χ0v) is 11.8. The fourth-order valence-electron chi connectivity index (χ4n) is 1.60. The maximum atomic E-state index is 12.7. The van der Waals surface area contributed by atoms with Crippen LogP contribution in [0.3, 0.4) is 0 Å². The van der Waals surface area contributed by atoms with Gasteiger partial charge in [-0.25, -0.2) is 4.39 Å². The van der Waals surface area contributed by atoms with E-state index in [0.29, 0.717) is 0 Å².